The molecule has 0 aliphatic rings. The van der Waals surface area contributed by atoms with Gasteiger partial charge in [-0.05, 0) is 23.3 Å². The second-order valence-electron chi connectivity index (χ2n) is 4.63. The van der Waals surface area contributed by atoms with E-state index >= 15 is 0 Å². The summed E-state index contributed by atoms with van der Waals surface area (Å²) in [5.74, 6) is 0. The van der Waals surface area contributed by atoms with Crippen LogP contribution in [0.15, 0.2) is 59.1 Å². The van der Waals surface area contributed by atoms with Crippen molar-refractivity contribution in [3.63, 3.8) is 0 Å². The van der Waals surface area contributed by atoms with Gasteiger partial charge in [-0.3, -0.25) is 0 Å². The summed E-state index contributed by atoms with van der Waals surface area (Å²) in [4.78, 5) is 0. The van der Waals surface area contributed by atoms with Crippen LogP contribution in [0.25, 0.3) is 0 Å². The second-order valence-corrected chi connectivity index (χ2v) is 5.55. The van der Waals surface area contributed by atoms with Crippen LogP contribution in [0.2, 0.25) is 0 Å². The van der Waals surface area contributed by atoms with Gasteiger partial charge < -0.3 is 9.84 Å². The molecule has 100 valence electrons. The van der Waals surface area contributed by atoms with E-state index in [0.717, 1.165) is 15.6 Å². The van der Waals surface area contributed by atoms with Gasteiger partial charge in [0.1, 0.15) is 5.60 Å². The summed E-state index contributed by atoms with van der Waals surface area (Å²) in [6.07, 6.45) is 0.526. The number of hydrogen-bond acceptors (Lipinski definition) is 2. The van der Waals surface area contributed by atoms with Crippen LogP contribution in [0.1, 0.15) is 11.1 Å². The second kappa shape index (κ2) is 6.33. The fourth-order valence-corrected chi connectivity index (χ4v) is 2.43. The summed E-state index contributed by atoms with van der Waals surface area (Å²) < 4.78 is 6.23. The highest BCUT2D eigenvalue weighted by Crippen LogP contribution is 2.26. The van der Waals surface area contributed by atoms with Crippen LogP contribution in [-0.2, 0) is 16.8 Å². The Hall–Kier alpha value is -1.16. The number of methoxy groups -OCH3 is 1. The highest BCUT2D eigenvalue weighted by atomic mass is 79.9. The van der Waals surface area contributed by atoms with Crippen molar-refractivity contribution in [2.24, 2.45) is 0 Å². The first kappa shape index (κ1) is 14.3. The van der Waals surface area contributed by atoms with Crippen molar-refractivity contribution >= 4 is 15.9 Å². The summed E-state index contributed by atoms with van der Waals surface area (Å²) >= 11 is 3.41. The highest BCUT2D eigenvalue weighted by molar-refractivity contribution is 9.10. The predicted octanol–water partition coefficient (Wildman–Crippen LogP) is 3.53. The fourth-order valence-electron chi connectivity index (χ4n) is 2.16. The minimum atomic E-state index is -0.996. The van der Waals surface area contributed by atoms with Gasteiger partial charge in [-0.2, -0.15) is 0 Å². The quantitative estimate of drug-likeness (QED) is 0.913. The van der Waals surface area contributed by atoms with Crippen molar-refractivity contribution in [3.8, 4) is 0 Å². The number of aliphatic hydroxyl groups is 1. The molecule has 2 rings (SSSR count). The minimum absolute atomic E-state index is 0.271. The van der Waals surface area contributed by atoms with Crippen LogP contribution < -0.4 is 0 Å². The third kappa shape index (κ3) is 3.66. The summed E-state index contributed by atoms with van der Waals surface area (Å²) in [6, 6.07) is 17.6. The SMILES string of the molecule is COCC(O)(Cc1ccc(Br)cc1)c1ccccc1. The van der Waals surface area contributed by atoms with E-state index in [1.807, 2.05) is 54.6 Å². The summed E-state index contributed by atoms with van der Waals surface area (Å²) in [6.45, 7) is 0.271. The molecule has 0 fully saturated rings. The zero-order chi connectivity index (χ0) is 13.7. The molecule has 2 aromatic rings. The Kier molecular flexibility index (Phi) is 4.75. The van der Waals surface area contributed by atoms with Gasteiger partial charge in [0.2, 0.25) is 0 Å². The lowest BCUT2D eigenvalue weighted by atomic mass is 9.88. The first-order valence-electron chi connectivity index (χ1n) is 6.15. The average Bonchev–Trinajstić information content (AvgIpc) is 2.43. The lowest BCUT2D eigenvalue weighted by Gasteiger charge is -2.28. The van der Waals surface area contributed by atoms with Crippen LogP contribution >= 0.6 is 15.9 Å². The first-order valence-corrected chi connectivity index (χ1v) is 6.95. The Morgan fingerprint density at radius 2 is 1.68 bits per heavy atom. The highest BCUT2D eigenvalue weighted by Gasteiger charge is 2.29. The molecule has 0 heterocycles. The zero-order valence-corrected chi connectivity index (χ0v) is 12.4. The summed E-state index contributed by atoms with van der Waals surface area (Å²) in [7, 11) is 1.61. The standard InChI is InChI=1S/C16H17BrO2/c1-19-12-16(18,14-5-3-2-4-6-14)11-13-7-9-15(17)10-8-13/h2-10,18H,11-12H2,1H3. The Morgan fingerprint density at radius 3 is 2.26 bits per heavy atom. The Balaban J connectivity index is 2.27. The molecule has 0 spiro atoms. The zero-order valence-electron chi connectivity index (χ0n) is 10.8. The van der Waals surface area contributed by atoms with E-state index in [1.54, 1.807) is 7.11 Å². The van der Waals surface area contributed by atoms with Gasteiger partial charge in [-0.1, -0.05) is 58.4 Å². The van der Waals surface area contributed by atoms with E-state index in [-0.39, 0.29) is 6.61 Å². The Labute approximate surface area is 122 Å². The molecular formula is C16H17BrO2. The van der Waals surface area contributed by atoms with E-state index in [0.29, 0.717) is 6.42 Å². The maximum Gasteiger partial charge on any atom is 0.117 e. The van der Waals surface area contributed by atoms with Crippen LogP contribution in [0.4, 0.5) is 0 Å². The van der Waals surface area contributed by atoms with Crippen molar-refractivity contribution in [1.29, 1.82) is 0 Å². The number of benzene rings is 2. The molecule has 3 heteroatoms. The van der Waals surface area contributed by atoms with E-state index < -0.39 is 5.60 Å². The smallest absolute Gasteiger partial charge is 0.117 e. The number of hydrogen-bond donors (Lipinski definition) is 1. The molecule has 0 bridgehead atoms. The number of rotatable bonds is 5. The third-order valence-electron chi connectivity index (χ3n) is 3.10. The lowest BCUT2D eigenvalue weighted by molar-refractivity contribution is -0.0355. The van der Waals surface area contributed by atoms with E-state index in [4.69, 9.17) is 4.74 Å². The molecule has 0 radical (unpaired) electrons. The van der Waals surface area contributed by atoms with Crippen molar-refractivity contribution in [1.82, 2.24) is 0 Å². The fraction of sp³-hybridized carbons (Fsp3) is 0.250. The van der Waals surface area contributed by atoms with Crippen LogP contribution in [-0.4, -0.2) is 18.8 Å². The van der Waals surface area contributed by atoms with E-state index in [9.17, 15) is 5.11 Å². The Bertz CT molecular complexity index is 510. The molecular weight excluding hydrogens is 304 g/mol. The maximum atomic E-state index is 10.9. The molecule has 19 heavy (non-hydrogen) atoms. The van der Waals surface area contributed by atoms with Crippen LogP contribution in [0.5, 0.6) is 0 Å². The number of ether oxygens (including phenoxy) is 1. The van der Waals surface area contributed by atoms with Crippen molar-refractivity contribution in [3.05, 3.63) is 70.2 Å². The molecule has 0 saturated carbocycles. The predicted molar refractivity (Wildman–Crippen MR) is 80.1 cm³/mol. The summed E-state index contributed by atoms with van der Waals surface area (Å²) in [5.41, 5.74) is 0.954. The average molecular weight is 321 g/mol. The molecule has 1 N–H and O–H groups in total. The monoisotopic (exact) mass is 320 g/mol. The van der Waals surface area contributed by atoms with Crippen molar-refractivity contribution < 1.29 is 9.84 Å². The molecule has 1 unspecified atom stereocenters. The van der Waals surface area contributed by atoms with Gasteiger partial charge in [0.15, 0.2) is 0 Å². The maximum absolute atomic E-state index is 10.9. The molecule has 0 aliphatic carbocycles. The largest absolute Gasteiger partial charge is 0.382 e. The summed E-state index contributed by atoms with van der Waals surface area (Å²) in [5, 5.41) is 10.9. The molecule has 1 atom stereocenters. The third-order valence-corrected chi connectivity index (χ3v) is 3.63. The number of halogens is 1. The van der Waals surface area contributed by atoms with Gasteiger partial charge in [-0.15, -0.1) is 0 Å². The molecule has 2 nitrogen and oxygen atoms in total. The van der Waals surface area contributed by atoms with Gasteiger partial charge in [-0.25, -0.2) is 0 Å². The minimum Gasteiger partial charge on any atom is -0.382 e. The molecule has 0 aromatic heterocycles. The first-order chi connectivity index (χ1) is 9.14. The molecule has 0 aliphatic heterocycles. The Morgan fingerprint density at radius 1 is 1.05 bits per heavy atom. The van der Waals surface area contributed by atoms with E-state index in [1.165, 1.54) is 0 Å². The molecule has 0 amide bonds. The van der Waals surface area contributed by atoms with Crippen molar-refractivity contribution in [2.75, 3.05) is 13.7 Å². The molecule has 2 aromatic carbocycles. The molecule has 0 saturated heterocycles. The van der Waals surface area contributed by atoms with Gasteiger partial charge in [0.05, 0.1) is 6.61 Å². The lowest BCUT2D eigenvalue weighted by Crippen LogP contribution is -2.33. The normalized spacial score (nSPS) is 14.1. The van der Waals surface area contributed by atoms with Gasteiger partial charge >= 0.3 is 0 Å². The van der Waals surface area contributed by atoms with Gasteiger partial charge in [0.25, 0.3) is 0 Å². The van der Waals surface area contributed by atoms with E-state index in [2.05, 4.69) is 15.9 Å². The van der Waals surface area contributed by atoms with Crippen LogP contribution in [0, 0.1) is 0 Å². The van der Waals surface area contributed by atoms with Crippen molar-refractivity contribution in [2.45, 2.75) is 12.0 Å². The van der Waals surface area contributed by atoms with Crippen LogP contribution in [0.3, 0.4) is 0 Å². The van der Waals surface area contributed by atoms with Gasteiger partial charge in [0, 0.05) is 18.0 Å². The topological polar surface area (TPSA) is 29.5 Å².